The van der Waals surface area contributed by atoms with E-state index in [9.17, 15) is 19.5 Å². The second kappa shape index (κ2) is 8.49. The number of rotatable bonds is 5. The Morgan fingerprint density at radius 3 is 1.76 bits per heavy atom. The van der Waals surface area contributed by atoms with Crippen molar-refractivity contribution in [2.75, 3.05) is 0 Å². The van der Waals surface area contributed by atoms with Gasteiger partial charge in [0.05, 0.1) is 16.7 Å². The van der Waals surface area contributed by atoms with Crippen LogP contribution in [0.5, 0.6) is 0 Å². The lowest BCUT2D eigenvalue weighted by Gasteiger charge is -2.41. The zero-order valence-electron chi connectivity index (χ0n) is 17.3. The Bertz CT molecular complexity index is 944. The predicted molar refractivity (Wildman–Crippen MR) is 116 cm³/mol. The van der Waals surface area contributed by atoms with Crippen LogP contribution in [0.25, 0.3) is 0 Å². The van der Waals surface area contributed by atoms with Gasteiger partial charge in [-0.3, -0.25) is 14.5 Å². The second-order valence-corrected chi connectivity index (χ2v) is 9.68. The number of amides is 2. The number of hydrogen-bond acceptors (Lipinski definition) is 3. The number of halogens is 1. The van der Waals surface area contributed by atoms with Gasteiger partial charge in [0, 0.05) is 10.0 Å². The first kappa shape index (κ1) is 22.8. The fourth-order valence-electron chi connectivity index (χ4n) is 3.75. The molecule has 0 saturated carbocycles. The van der Waals surface area contributed by atoms with Crippen LogP contribution in [0.1, 0.15) is 72.1 Å². The van der Waals surface area contributed by atoms with Crippen molar-refractivity contribution in [3.63, 3.8) is 0 Å². The van der Waals surface area contributed by atoms with E-state index in [1.54, 1.807) is 36.4 Å². The molecule has 0 bridgehead atoms. The van der Waals surface area contributed by atoms with Gasteiger partial charge in [0.2, 0.25) is 0 Å². The zero-order chi connectivity index (χ0) is 22.0. The van der Waals surface area contributed by atoms with Crippen molar-refractivity contribution >= 4 is 33.7 Å². The van der Waals surface area contributed by atoms with Crippen molar-refractivity contribution in [2.45, 2.75) is 46.6 Å². The summed E-state index contributed by atoms with van der Waals surface area (Å²) < 4.78 is 0.570. The fraction of sp³-hybridized carbons (Fsp3) is 0.348. The Hall–Kier alpha value is -2.47. The molecular weight excluding hydrogens is 434 g/mol. The highest BCUT2D eigenvalue weighted by atomic mass is 79.9. The summed E-state index contributed by atoms with van der Waals surface area (Å²) >= 11 is 3.38. The van der Waals surface area contributed by atoms with Gasteiger partial charge in [-0.05, 0) is 65.9 Å². The quantitative estimate of drug-likeness (QED) is 0.586. The molecule has 2 aromatic rings. The van der Waals surface area contributed by atoms with Crippen molar-refractivity contribution in [1.82, 2.24) is 4.90 Å². The van der Waals surface area contributed by atoms with E-state index in [2.05, 4.69) is 15.9 Å². The van der Waals surface area contributed by atoms with Crippen LogP contribution < -0.4 is 0 Å². The van der Waals surface area contributed by atoms with Gasteiger partial charge in [-0.1, -0.05) is 45.0 Å². The number of aromatic carboxylic acids is 1. The Labute approximate surface area is 179 Å². The summed E-state index contributed by atoms with van der Waals surface area (Å²) in [6.45, 7) is 9.76. The first-order valence-corrected chi connectivity index (χ1v) is 10.1. The lowest BCUT2D eigenvalue weighted by atomic mass is 9.80. The topological polar surface area (TPSA) is 74.7 Å². The molecule has 0 aliphatic carbocycles. The smallest absolute Gasteiger partial charge is 0.336 e. The fourth-order valence-corrected chi connectivity index (χ4v) is 4.20. The molecule has 2 amide bonds. The van der Waals surface area contributed by atoms with E-state index >= 15 is 0 Å². The number of hydrogen-bond donors (Lipinski definition) is 1. The van der Waals surface area contributed by atoms with Crippen LogP contribution in [0.15, 0.2) is 53.0 Å². The minimum Gasteiger partial charge on any atom is -0.478 e. The maximum atomic E-state index is 13.6. The molecule has 0 saturated heterocycles. The Morgan fingerprint density at radius 1 is 0.828 bits per heavy atom. The van der Waals surface area contributed by atoms with Crippen LogP contribution in [0, 0.1) is 5.41 Å². The minimum atomic E-state index is -1.21. The van der Waals surface area contributed by atoms with Crippen LogP contribution in [0.2, 0.25) is 0 Å². The van der Waals surface area contributed by atoms with Crippen molar-refractivity contribution in [2.24, 2.45) is 5.41 Å². The van der Waals surface area contributed by atoms with Crippen molar-refractivity contribution < 1.29 is 19.5 Å². The third-order valence-electron chi connectivity index (χ3n) is 4.47. The molecule has 0 aromatic heterocycles. The molecular formula is C23H26BrNO4. The van der Waals surface area contributed by atoms with Gasteiger partial charge >= 0.3 is 5.97 Å². The van der Waals surface area contributed by atoms with Crippen molar-refractivity contribution in [3.8, 4) is 0 Å². The number of carboxylic acid groups (broad SMARTS) is 1. The molecule has 2 aromatic carbocycles. The maximum Gasteiger partial charge on any atom is 0.336 e. The summed E-state index contributed by atoms with van der Waals surface area (Å²) in [6, 6.07) is 12.8. The average molecular weight is 460 g/mol. The normalized spacial score (nSPS) is 11.8. The highest BCUT2D eigenvalue weighted by molar-refractivity contribution is 9.10. The molecule has 0 aliphatic heterocycles. The van der Waals surface area contributed by atoms with Gasteiger partial charge in [0.1, 0.15) is 0 Å². The monoisotopic (exact) mass is 459 g/mol. The highest BCUT2D eigenvalue weighted by Crippen LogP contribution is 2.34. The summed E-state index contributed by atoms with van der Waals surface area (Å²) in [7, 11) is 0. The predicted octanol–water partition coefficient (Wildman–Crippen LogP) is 5.64. The van der Waals surface area contributed by atoms with Gasteiger partial charge < -0.3 is 5.11 Å². The molecule has 6 heteroatoms. The molecule has 0 spiro atoms. The molecule has 2 rings (SSSR count). The minimum absolute atomic E-state index is 0.0117. The van der Waals surface area contributed by atoms with Crippen molar-refractivity contribution in [3.05, 3.63) is 69.7 Å². The first-order valence-electron chi connectivity index (χ1n) is 9.31. The van der Waals surface area contributed by atoms with Crippen LogP contribution in [-0.2, 0) is 0 Å². The van der Waals surface area contributed by atoms with Crippen molar-refractivity contribution in [1.29, 1.82) is 0 Å². The molecule has 154 valence electrons. The number of carbonyl (C=O) groups excluding carboxylic acids is 2. The van der Waals surface area contributed by atoms with E-state index in [4.69, 9.17) is 0 Å². The third kappa shape index (κ3) is 5.32. The Kier molecular flexibility index (Phi) is 6.68. The van der Waals surface area contributed by atoms with Gasteiger partial charge in [-0.15, -0.1) is 0 Å². The average Bonchev–Trinajstić information content (AvgIpc) is 2.59. The van der Waals surface area contributed by atoms with Gasteiger partial charge in [0.25, 0.3) is 11.8 Å². The van der Waals surface area contributed by atoms with E-state index < -0.39 is 23.3 Å². The lowest BCUT2D eigenvalue weighted by Crippen LogP contribution is -2.53. The molecule has 0 fully saturated rings. The molecule has 0 unspecified atom stereocenters. The number of benzene rings is 2. The summed E-state index contributed by atoms with van der Waals surface area (Å²) in [6.07, 6.45) is 0.539. The van der Waals surface area contributed by atoms with Crippen LogP contribution in [0.3, 0.4) is 0 Å². The first-order chi connectivity index (χ1) is 13.3. The van der Waals surface area contributed by atoms with E-state index in [1.165, 1.54) is 17.0 Å². The molecule has 0 aliphatic rings. The Morgan fingerprint density at radius 2 is 1.28 bits per heavy atom. The molecule has 29 heavy (non-hydrogen) atoms. The van der Waals surface area contributed by atoms with Crippen LogP contribution >= 0.6 is 15.9 Å². The summed E-state index contributed by atoms with van der Waals surface area (Å²) in [5.41, 5.74) is -0.817. The lowest BCUT2D eigenvalue weighted by molar-refractivity contribution is 0.0361. The maximum absolute atomic E-state index is 13.6. The standard InChI is InChI=1S/C23H26BrNO4/c1-22(2,3)14-23(4,5)25(20(27)17-12-8-9-13-18(17)24)19(26)15-10-6-7-11-16(15)21(28)29/h6-13H,14H2,1-5H3,(H,28,29). The Balaban J connectivity index is 2.65. The molecule has 0 heterocycles. The number of nitrogens with zero attached hydrogens (tertiary/aromatic N) is 1. The highest BCUT2D eigenvalue weighted by Gasteiger charge is 2.41. The third-order valence-corrected chi connectivity index (χ3v) is 5.16. The van der Waals surface area contributed by atoms with E-state index in [-0.39, 0.29) is 16.5 Å². The van der Waals surface area contributed by atoms with Gasteiger partial charge in [-0.2, -0.15) is 0 Å². The summed E-state index contributed by atoms with van der Waals surface area (Å²) in [5, 5.41) is 9.52. The SMILES string of the molecule is CC(C)(C)CC(C)(C)N(C(=O)c1ccccc1Br)C(=O)c1ccccc1C(=O)O. The molecule has 0 radical (unpaired) electrons. The van der Waals surface area contributed by atoms with Crippen LogP contribution in [0.4, 0.5) is 0 Å². The number of carboxylic acids is 1. The van der Waals surface area contributed by atoms with E-state index in [1.807, 2.05) is 34.6 Å². The molecule has 1 N–H and O–H groups in total. The van der Waals surface area contributed by atoms with Crippen LogP contribution in [-0.4, -0.2) is 33.3 Å². The summed E-state index contributed by atoms with van der Waals surface area (Å²) in [5.74, 6) is -2.31. The van der Waals surface area contributed by atoms with Gasteiger partial charge in [0.15, 0.2) is 0 Å². The van der Waals surface area contributed by atoms with E-state index in [0.717, 1.165) is 0 Å². The number of carbonyl (C=O) groups is 3. The largest absolute Gasteiger partial charge is 0.478 e. The number of imide groups is 1. The zero-order valence-corrected chi connectivity index (χ0v) is 18.9. The molecule has 0 atom stereocenters. The molecule has 5 nitrogen and oxygen atoms in total. The van der Waals surface area contributed by atoms with E-state index in [0.29, 0.717) is 16.5 Å². The summed E-state index contributed by atoms with van der Waals surface area (Å²) in [4.78, 5) is 39.9. The van der Waals surface area contributed by atoms with Gasteiger partial charge in [-0.25, -0.2) is 4.79 Å². The second-order valence-electron chi connectivity index (χ2n) is 8.83.